The number of hydrogen-bond acceptors (Lipinski definition) is 6. The minimum Gasteiger partial charge on any atom is -0.454 e. The van der Waals surface area contributed by atoms with E-state index in [9.17, 15) is 14.9 Å². The highest BCUT2D eigenvalue weighted by atomic mass is 16.6. The average Bonchev–Trinajstić information content (AvgIpc) is 3.35. The number of nitrogens with one attached hydrogen (secondary N) is 1. The molecule has 3 heterocycles. The number of aryl methyl sites for hydroxylation is 1. The molecule has 1 amide bonds. The van der Waals surface area contributed by atoms with Crippen LogP contribution in [0.5, 0.6) is 0 Å². The van der Waals surface area contributed by atoms with E-state index < -0.39 is 4.92 Å². The molecule has 0 aliphatic heterocycles. The van der Waals surface area contributed by atoms with Crippen molar-refractivity contribution in [3.05, 3.63) is 63.6 Å². The Labute approximate surface area is 174 Å². The third-order valence-corrected chi connectivity index (χ3v) is 5.00. The zero-order valence-corrected chi connectivity index (χ0v) is 17.7. The van der Waals surface area contributed by atoms with Crippen LogP contribution in [0.15, 0.2) is 35.0 Å². The number of hydrogen-bond donors (Lipinski definition) is 1. The Morgan fingerprint density at radius 3 is 2.63 bits per heavy atom. The van der Waals surface area contributed by atoms with Crippen molar-refractivity contribution in [2.45, 2.75) is 53.8 Å². The molecular weight excluding hydrogens is 388 g/mol. The van der Waals surface area contributed by atoms with Crippen LogP contribution in [-0.4, -0.2) is 36.4 Å². The van der Waals surface area contributed by atoms with Crippen molar-refractivity contribution >= 4 is 11.6 Å². The zero-order valence-electron chi connectivity index (χ0n) is 17.7. The molecule has 10 heteroatoms. The summed E-state index contributed by atoms with van der Waals surface area (Å²) < 4.78 is 8.98. The predicted octanol–water partition coefficient (Wildman–Crippen LogP) is 3.09. The number of aromatic nitrogens is 4. The monoisotopic (exact) mass is 414 g/mol. The van der Waals surface area contributed by atoms with E-state index >= 15 is 0 Å². The summed E-state index contributed by atoms with van der Waals surface area (Å²) in [7, 11) is 0. The summed E-state index contributed by atoms with van der Waals surface area (Å²) in [5.74, 6) is 0.337. The van der Waals surface area contributed by atoms with E-state index in [1.807, 2.05) is 33.0 Å². The van der Waals surface area contributed by atoms with Gasteiger partial charge >= 0.3 is 5.69 Å². The molecule has 0 aliphatic rings. The van der Waals surface area contributed by atoms with Gasteiger partial charge in [-0.25, -0.2) is 0 Å². The van der Waals surface area contributed by atoms with E-state index in [1.54, 1.807) is 36.9 Å². The van der Waals surface area contributed by atoms with Gasteiger partial charge in [-0.3, -0.25) is 24.3 Å². The summed E-state index contributed by atoms with van der Waals surface area (Å²) in [4.78, 5) is 23.5. The number of carbonyl (C=O) groups is 1. The van der Waals surface area contributed by atoms with Crippen LogP contribution in [-0.2, 0) is 13.1 Å². The summed E-state index contributed by atoms with van der Waals surface area (Å²) in [6, 6.07) is 4.94. The van der Waals surface area contributed by atoms with Crippen molar-refractivity contribution in [2.75, 3.05) is 0 Å². The highest BCUT2D eigenvalue weighted by molar-refractivity contribution is 5.91. The SMILES string of the molecule is Cc1nn(Cc2ccc(C(=O)N[C@@H](Cn3cccn3)C(C)(C)C)o2)c(C)c1[N+](=O)[O-]. The molecule has 0 aliphatic carbocycles. The number of nitro groups is 1. The molecule has 3 rings (SSSR count). The molecule has 0 unspecified atom stereocenters. The van der Waals surface area contributed by atoms with Crippen LogP contribution >= 0.6 is 0 Å². The lowest BCUT2D eigenvalue weighted by molar-refractivity contribution is -0.386. The van der Waals surface area contributed by atoms with Gasteiger partial charge in [0.2, 0.25) is 0 Å². The highest BCUT2D eigenvalue weighted by Crippen LogP contribution is 2.24. The zero-order chi connectivity index (χ0) is 22.1. The quantitative estimate of drug-likeness (QED) is 0.468. The normalized spacial score (nSPS) is 12.7. The molecular formula is C20H26N6O4. The molecule has 10 nitrogen and oxygen atoms in total. The van der Waals surface area contributed by atoms with Crippen molar-refractivity contribution in [1.29, 1.82) is 0 Å². The van der Waals surface area contributed by atoms with Gasteiger partial charge in [0.15, 0.2) is 5.76 Å². The molecule has 30 heavy (non-hydrogen) atoms. The molecule has 3 aromatic rings. The molecule has 0 bridgehead atoms. The standard InChI is InChI=1S/C20H26N6O4/c1-13-18(26(28)29)14(2)25(23-13)11-15-7-8-16(30-15)19(27)22-17(20(3,4)5)12-24-10-6-9-21-24/h6-10,17H,11-12H2,1-5H3,(H,22,27)/t17-/m0/s1. The van der Waals surface area contributed by atoms with Gasteiger partial charge in [0.25, 0.3) is 5.91 Å². The van der Waals surface area contributed by atoms with Crippen LogP contribution in [0, 0.1) is 29.4 Å². The van der Waals surface area contributed by atoms with Crippen molar-refractivity contribution in [1.82, 2.24) is 24.9 Å². The summed E-state index contributed by atoms with van der Waals surface area (Å²) in [5, 5.41) is 22.6. The van der Waals surface area contributed by atoms with Gasteiger partial charge in [-0.15, -0.1) is 0 Å². The van der Waals surface area contributed by atoms with E-state index in [1.165, 1.54) is 4.68 Å². The van der Waals surface area contributed by atoms with Crippen molar-refractivity contribution in [3.8, 4) is 0 Å². The van der Waals surface area contributed by atoms with Crippen LogP contribution in [0.1, 0.15) is 48.5 Å². The maximum Gasteiger partial charge on any atom is 0.312 e. The fourth-order valence-corrected chi connectivity index (χ4v) is 3.20. The van der Waals surface area contributed by atoms with Crippen LogP contribution in [0.2, 0.25) is 0 Å². The molecule has 160 valence electrons. The second-order valence-electron chi connectivity index (χ2n) is 8.32. The van der Waals surface area contributed by atoms with Crippen molar-refractivity contribution < 1.29 is 14.1 Å². The van der Waals surface area contributed by atoms with E-state index in [2.05, 4.69) is 15.5 Å². The minimum absolute atomic E-state index is 0.00818. The van der Waals surface area contributed by atoms with Crippen LogP contribution in [0.3, 0.4) is 0 Å². The highest BCUT2D eigenvalue weighted by Gasteiger charge is 2.28. The lowest BCUT2D eigenvalue weighted by atomic mass is 9.86. The van der Waals surface area contributed by atoms with Crippen LogP contribution < -0.4 is 5.32 Å². The lowest BCUT2D eigenvalue weighted by Gasteiger charge is -2.31. The lowest BCUT2D eigenvalue weighted by Crippen LogP contribution is -2.46. The largest absolute Gasteiger partial charge is 0.454 e. The Kier molecular flexibility index (Phi) is 5.77. The topological polar surface area (TPSA) is 121 Å². The average molecular weight is 414 g/mol. The van der Waals surface area contributed by atoms with Crippen LogP contribution in [0.4, 0.5) is 5.69 Å². The van der Waals surface area contributed by atoms with Crippen LogP contribution in [0.25, 0.3) is 0 Å². The maximum atomic E-state index is 12.8. The number of rotatable bonds is 7. The van der Waals surface area contributed by atoms with Gasteiger partial charge in [-0.2, -0.15) is 10.2 Å². The second kappa shape index (κ2) is 8.13. The van der Waals surface area contributed by atoms with Gasteiger partial charge in [0.05, 0.1) is 24.1 Å². The molecule has 1 atom stereocenters. The molecule has 1 N–H and O–H groups in total. The Morgan fingerprint density at radius 2 is 2.07 bits per heavy atom. The fraction of sp³-hybridized carbons (Fsp3) is 0.450. The molecule has 0 saturated carbocycles. The van der Waals surface area contributed by atoms with E-state index in [0.29, 0.717) is 23.7 Å². The number of nitrogens with zero attached hydrogens (tertiary/aromatic N) is 5. The summed E-state index contributed by atoms with van der Waals surface area (Å²) in [6.45, 7) is 10.1. The molecule has 0 saturated heterocycles. The smallest absolute Gasteiger partial charge is 0.312 e. The maximum absolute atomic E-state index is 12.8. The molecule has 0 radical (unpaired) electrons. The Morgan fingerprint density at radius 1 is 1.33 bits per heavy atom. The minimum atomic E-state index is -0.443. The van der Waals surface area contributed by atoms with E-state index in [-0.39, 0.29) is 35.4 Å². The summed E-state index contributed by atoms with van der Waals surface area (Å²) >= 11 is 0. The molecule has 0 spiro atoms. The second-order valence-corrected chi connectivity index (χ2v) is 8.32. The first-order valence-electron chi connectivity index (χ1n) is 9.61. The molecule has 0 fully saturated rings. The molecule has 0 aromatic carbocycles. The Bertz CT molecular complexity index is 1040. The number of carbonyl (C=O) groups excluding carboxylic acids is 1. The van der Waals surface area contributed by atoms with Gasteiger partial charge < -0.3 is 9.73 Å². The van der Waals surface area contributed by atoms with Crippen molar-refractivity contribution in [3.63, 3.8) is 0 Å². The molecule has 3 aromatic heterocycles. The first-order chi connectivity index (χ1) is 14.1. The number of furan rings is 1. The van der Waals surface area contributed by atoms with Gasteiger partial charge in [-0.1, -0.05) is 20.8 Å². The third kappa shape index (κ3) is 4.58. The summed E-state index contributed by atoms with van der Waals surface area (Å²) in [6.07, 6.45) is 3.55. The first kappa shape index (κ1) is 21.3. The van der Waals surface area contributed by atoms with E-state index in [4.69, 9.17) is 4.42 Å². The fourth-order valence-electron chi connectivity index (χ4n) is 3.20. The number of amides is 1. The third-order valence-electron chi connectivity index (χ3n) is 5.00. The predicted molar refractivity (Wildman–Crippen MR) is 109 cm³/mol. The van der Waals surface area contributed by atoms with Gasteiger partial charge in [0.1, 0.15) is 17.1 Å². The van der Waals surface area contributed by atoms with E-state index in [0.717, 1.165) is 0 Å². The van der Waals surface area contributed by atoms with Gasteiger partial charge in [0, 0.05) is 12.4 Å². The Balaban J connectivity index is 1.73. The van der Waals surface area contributed by atoms with Gasteiger partial charge in [-0.05, 0) is 37.5 Å². The summed E-state index contributed by atoms with van der Waals surface area (Å²) in [5.41, 5.74) is 0.575. The first-order valence-corrected chi connectivity index (χ1v) is 9.61. The van der Waals surface area contributed by atoms with Crippen molar-refractivity contribution in [2.24, 2.45) is 5.41 Å². The Hall–Kier alpha value is -3.43.